The highest BCUT2D eigenvalue weighted by Crippen LogP contribution is 2.40. The maximum atomic E-state index is 5.31. The molecule has 0 unspecified atom stereocenters. The Kier molecular flexibility index (Phi) is 10.9. The summed E-state index contributed by atoms with van der Waals surface area (Å²) < 4.78 is 5.31. The van der Waals surface area contributed by atoms with Gasteiger partial charge in [0.25, 0.3) is 0 Å². The molecule has 7 heteroatoms. The van der Waals surface area contributed by atoms with Crippen molar-refractivity contribution in [1.82, 2.24) is 15.6 Å². The summed E-state index contributed by atoms with van der Waals surface area (Å²) in [6.45, 7) is 4.80. The van der Waals surface area contributed by atoms with E-state index in [2.05, 4.69) is 26.0 Å². The van der Waals surface area contributed by atoms with E-state index in [0.717, 1.165) is 50.6 Å². The molecule has 2 rings (SSSR count). The summed E-state index contributed by atoms with van der Waals surface area (Å²) in [5, 5.41) is 10.3. The number of hydrogen-bond acceptors (Lipinski definition) is 4. The van der Waals surface area contributed by atoms with Gasteiger partial charge in [0.15, 0.2) is 5.96 Å². The average molecular weight is 480 g/mol. The van der Waals surface area contributed by atoms with Gasteiger partial charge in [0.05, 0.1) is 5.01 Å². The molecule has 25 heavy (non-hydrogen) atoms. The minimum absolute atomic E-state index is 0. The van der Waals surface area contributed by atoms with E-state index < -0.39 is 0 Å². The van der Waals surface area contributed by atoms with Crippen LogP contribution in [-0.4, -0.2) is 44.8 Å². The van der Waals surface area contributed by atoms with E-state index in [9.17, 15) is 0 Å². The van der Waals surface area contributed by atoms with Crippen molar-refractivity contribution >= 4 is 41.3 Å². The van der Waals surface area contributed by atoms with Crippen LogP contribution in [0.1, 0.15) is 49.2 Å². The molecule has 0 saturated heterocycles. The largest absolute Gasteiger partial charge is 0.385 e. The van der Waals surface area contributed by atoms with Crippen LogP contribution in [0.2, 0.25) is 0 Å². The Balaban J connectivity index is 0.00000312. The van der Waals surface area contributed by atoms with E-state index in [-0.39, 0.29) is 24.0 Å². The van der Waals surface area contributed by atoms with Crippen molar-refractivity contribution in [3.05, 3.63) is 16.1 Å². The molecule has 0 spiro atoms. The van der Waals surface area contributed by atoms with Crippen LogP contribution < -0.4 is 10.6 Å². The van der Waals surface area contributed by atoms with Gasteiger partial charge in [0.2, 0.25) is 0 Å². The van der Waals surface area contributed by atoms with E-state index in [1.165, 1.54) is 30.7 Å². The second-order valence-corrected chi connectivity index (χ2v) is 7.73. The summed E-state index contributed by atoms with van der Waals surface area (Å²) in [6, 6.07) is 0. The molecule has 1 aliphatic rings. The van der Waals surface area contributed by atoms with Crippen LogP contribution in [0.5, 0.6) is 0 Å². The summed E-state index contributed by atoms with van der Waals surface area (Å²) >= 11 is 1.75. The molecule has 0 aromatic carbocycles. The average Bonchev–Trinajstić information content (AvgIpc) is 3.22. The molecule has 1 saturated carbocycles. The standard InChI is InChI=1S/C18H32N4OS.HI/c1-15-13-24-16(22-15)7-6-11-20-17(19-2)21-14-18(10-12-23-3)8-4-5-9-18;/h13H,4-12,14H2,1-3H3,(H2,19,20,21);1H. The number of ether oxygens (including phenoxy) is 1. The zero-order chi connectivity index (χ0) is 17.3. The molecule has 0 radical (unpaired) electrons. The van der Waals surface area contributed by atoms with Gasteiger partial charge in [-0.3, -0.25) is 4.99 Å². The number of nitrogens with zero attached hydrogens (tertiary/aromatic N) is 2. The highest BCUT2D eigenvalue weighted by molar-refractivity contribution is 14.0. The van der Waals surface area contributed by atoms with Crippen molar-refractivity contribution < 1.29 is 4.74 Å². The van der Waals surface area contributed by atoms with Crippen LogP contribution >= 0.6 is 35.3 Å². The second-order valence-electron chi connectivity index (χ2n) is 6.79. The summed E-state index contributed by atoms with van der Waals surface area (Å²) in [7, 11) is 3.64. The minimum atomic E-state index is 0. The van der Waals surface area contributed by atoms with Crippen molar-refractivity contribution in [2.24, 2.45) is 10.4 Å². The summed E-state index contributed by atoms with van der Waals surface area (Å²) in [4.78, 5) is 8.87. The fourth-order valence-electron chi connectivity index (χ4n) is 3.41. The Morgan fingerprint density at radius 2 is 2.12 bits per heavy atom. The first-order valence-electron chi connectivity index (χ1n) is 9.02. The molecule has 1 fully saturated rings. The molecule has 1 heterocycles. The quantitative estimate of drug-likeness (QED) is 0.245. The van der Waals surface area contributed by atoms with Gasteiger partial charge in [-0.2, -0.15) is 0 Å². The number of halogens is 1. The van der Waals surface area contributed by atoms with Gasteiger partial charge in [-0.05, 0) is 38.0 Å². The lowest BCUT2D eigenvalue weighted by Gasteiger charge is -2.29. The lowest BCUT2D eigenvalue weighted by molar-refractivity contribution is 0.138. The maximum absolute atomic E-state index is 5.31. The van der Waals surface area contributed by atoms with Crippen LogP contribution in [0, 0.1) is 12.3 Å². The summed E-state index contributed by atoms with van der Waals surface area (Å²) in [5.74, 6) is 0.911. The molecule has 1 aromatic heterocycles. The molecule has 0 atom stereocenters. The van der Waals surface area contributed by atoms with E-state index in [1.54, 1.807) is 18.4 Å². The first-order chi connectivity index (χ1) is 11.7. The lowest BCUT2D eigenvalue weighted by atomic mass is 9.83. The van der Waals surface area contributed by atoms with Crippen molar-refractivity contribution in [1.29, 1.82) is 0 Å². The van der Waals surface area contributed by atoms with Crippen molar-refractivity contribution in [2.75, 3.05) is 33.9 Å². The fraction of sp³-hybridized carbons (Fsp3) is 0.778. The van der Waals surface area contributed by atoms with E-state index in [0.29, 0.717) is 5.41 Å². The number of guanidine groups is 1. The molecule has 2 N–H and O–H groups in total. The number of thiazole rings is 1. The predicted molar refractivity (Wildman–Crippen MR) is 117 cm³/mol. The highest BCUT2D eigenvalue weighted by atomic mass is 127. The van der Waals surface area contributed by atoms with E-state index in [4.69, 9.17) is 4.74 Å². The number of nitrogens with one attached hydrogen (secondary N) is 2. The van der Waals surface area contributed by atoms with Gasteiger partial charge in [-0.1, -0.05) is 12.8 Å². The molecular formula is C18H33IN4OS. The number of methoxy groups -OCH3 is 1. The zero-order valence-corrected chi connectivity index (χ0v) is 18.9. The van der Waals surface area contributed by atoms with Crippen molar-refractivity contribution in [3.8, 4) is 0 Å². The SMILES string of the molecule is CN=C(NCCCc1nc(C)cs1)NCC1(CCOC)CCCC1.I. The maximum Gasteiger partial charge on any atom is 0.190 e. The Hall–Kier alpha value is -0.410. The monoisotopic (exact) mass is 480 g/mol. The topological polar surface area (TPSA) is 58.5 Å². The molecule has 1 aromatic rings. The van der Waals surface area contributed by atoms with Gasteiger partial charge < -0.3 is 15.4 Å². The van der Waals surface area contributed by atoms with Crippen molar-refractivity contribution in [3.63, 3.8) is 0 Å². The molecule has 144 valence electrons. The zero-order valence-electron chi connectivity index (χ0n) is 15.8. The van der Waals surface area contributed by atoms with Gasteiger partial charge in [-0.15, -0.1) is 35.3 Å². The molecule has 0 aliphatic heterocycles. The molecule has 0 amide bonds. The summed E-state index contributed by atoms with van der Waals surface area (Å²) in [5.41, 5.74) is 1.50. The highest BCUT2D eigenvalue weighted by Gasteiger charge is 2.33. The predicted octanol–water partition coefficient (Wildman–Crippen LogP) is 3.76. The first-order valence-corrected chi connectivity index (χ1v) is 9.90. The first kappa shape index (κ1) is 22.6. The minimum Gasteiger partial charge on any atom is -0.385 e. The molecular weight excluding hydrogens is 447 g/mol. The van der Waals surface area contributed by atoms with Gasteiger partial charge in [-0.25, -0.2) is 4.98 Å². The molecule has 1 aliphatic carbocycles. The third-order valence-corrected chi connectivity index (χ3v) is 5.91. The van der Waals surface area contributed by atoms with Crippen LogP contribution in [0.4, 0.5) is 0 Å². The Morgan fingerprint density at radius 3 is 2.72 bits per heavy atom. The summed E-state index contributed by atoms with van der Waals surface area (Å²) in [6.07, 6.45) is 8.50. The number of aryl methyl sites for hydroxylation is 2. The smallest absolute Gasteiger partial charge is 0.190 e. The Labute approximate surface area is 173 Å². The molecule has 0 bridgehead atoms. The Morgan fingerprint density at radius 1 is 1.36 bits per heavy atom. The number of rotatable bonds is 9. The third-order valence-electron chi connectivity index (χ3n) is 4.88. The van der Waals surface area contributed by atoms with Crippen LogP contribution in [0.25, 0.3) is 0 Å². The third kappa shape index (κ3) is 7.78. The van der Waals surface area contributed by atoms with E-state index in [1.807, 2.05) is 14.0 Å². The second kappa shape index (κ2) is 12.1. The molecule has 5 nitrogen and oxygen atoms in total. The van der Waals surface area contributed by atoms with Crippen LogP contribution in [0.3, 0.4) is 0 Å². The normalized spacial score (nSPS) is 16.5. The number of aromatic nitrogens is 1. The number of hydrogen-bond donors (Lipinski definition) is 2. The van der Waals surface area contributed by atoms with Gasteiger partial charge >= 0.3 is 0 Å². The Bertz CT molecular complexity index is 515. The van der Waals surface area contributed by atoms with Crippen molar-refractivity contribution in [2.45, 2.75) is 51.9 Å². The van der Waals surface area contributed by atoms with E-state index >= 15 is 0 Å². The fourth-order valence-corrected chi connectivity index (χ4v) is 4.23. The van der Waals surface area contributed by atoms with Gasteiger partial charge in [0.1, 0.15) is 0 Å². The van der Waals surface area contributed by atoms with Crippen LogP contribution in [0.15, 0.2) is 10.4 Å². The van der Waals surface area contributed by atoms with Gasteiger partial charge in [0, 0.05) is 51.3 Å². The van der Waals surface area contributed by atoms with Crippen LogP contribution in [-0.2, 0) is 11.2 Å². The number of aliphatic imine (C=N–C) groups is 1. The lowest BCUT2D eigenvalue weighted by Crippen LogP contribution is -2.43.